The summed E-state index contributed by atoms with van der Waals surface area (Å²) in [5, 5.41) is 4.19. The standard InChI is InChI=1S/C24H20Cl2N4O2/c1-29-13-12-27-23(29)22(16-6-9-19(25)10-7-16)28-24(32)18-8-11-21(31)30(15-18)14-17-4-2-3-5-20(17)26/h2-13,15,22H,14H2,1H3,(H,28,32)/t22-/m0/s1. The number of hydrogen-bond donors (Lipinski definition) is 1. The molecule has 0 saturated heterocycles. The van der Waals surface area contributed by atoms with E-state index in [1.165, 1.54) is 16.7 Å². The zero-order valence-corrected chi connectivity index (χ0v) is 18.7. The van der Waals surface area contributed by atoms with E-state index in [0.29, 0.717) is 21.4 Å². The Morgan fingerprint density at radius 3 is 2.50 bits per heavy atom. The molecule has 32 heavy (non-hydrogen) atoms. The fraction of sp³-hybridized carbons (Fsp3) is 0.125. The lowest BCUT2D eigenvalue weighted by molar-refractivity contribution is 0.0940. The van der Waals surface area contributed by atoms with Crippen LogP contribution in [0.25, 0.3) is 0 Å². The summed E-state index contributed by atoms with van der Waals surface area (Å²) in [4.78, 5) is 30.0. The van der Waals surface area contributed by atoms with Crippen LogP contribution in [-0.2, 0) is 13.6 Å². The Hall–Kier alpha value is -3.35. The first-order valence-electron chi connectivity index (χ1n) is 9.90. The topological polar surface area (TPSA) is 68.9 Å². The van der Waals surface area contributed by atoms with Crippen molar-refractivity contribution in [2.75, 3.05) is 0 Å². The van der Waals surface area contributed by atoms with Gasteiger partial charge in [-0.2, -0.15) is 0 Å². The number of aryl methyl sites for hydroxylation is 1. The number of pyridine rings is 1. The van der Waals surface area contributed by atoms with Crippen LogP contribution < -0.4 is 10.9 Å². The molecule has 0 spiro atoms. The van der Waals surface area contributed by atoms with Gasteiger partial charge in [-0.05, 0) is 35.4 Å². The summed E-state index contributed by atoms with van der Waals surface area (Å²) >= 11 is 12.3. The average molecular weight is 467 g/mol. The second kappa shape index (κ2) is 9.42. The van der Waals surface area contributed by atoms with E-state index < -0.39 is 6.04 Å². The van der Waals surface area contributed by atoms with E-state index in [1.807, 2.05) is 48.1 Å². The maximum atomic E-state index is 13.2. The highest BCUT2D eigenvalue weighted by molar-refractivity contribution is 6.31. The van der Waals surface area contributed by atoms with Crippen LogP contribution in [0, 0.1) is 0 Å². The number of imidazole rings is 1. The lowest BCUT2D eigenvalue weighted by Crippen LogP contribution is -2.32. The predicted octanol–water partition coefficient (Wildman–Crippen LogP) is 4.46. The molecule has 4 rings (SSSR count). The average Bonchev–Trinajstić information content (AvgIpc) is 3.21. The van der Waals surface area contributed by atoms with Gasteiger partial charge in [0.05, 0.1) is 12.1 Å². The van der Waals surface area contributed by atoms with Crippen LogP contribution in [0.5, 0.6) is 0 Å². The summed E-state index contributed by atoms with van der Waals surface area (Å²) in [6.45, 7) is 0.263. The van der Waals surface area contributed by atoms with Gasteiger partial charge in [-0.1, -0.05) is 53.5 Å². The van der Waals surface area contributed by atoms with Crippen LogP contribution in [0.15, 0.2) is 84.0 Å². The maximum Gasteiger partial charge on any atom is 0.253 e. The van der Waals surface area contributed by atoms with Gasteiger partial charge in [0.1, 0.15) is 11.9 Å². The molecule has 8 heteroatoms. The van der Waals surface area contributed by atoms with E-state index in [2.05, 4.69) is 10.3 Å². The third-order valence-corrected chi connectivity index (χ3v) is 5.76. The third kappa shape index (κ3) is 4.77. The quantitative estimate of drug-likeness (QED) is 0.456. The molecule has 0 aliphatic heterocycles. The highest BCUT2D eigenvalue weighted by Gasteiger charge is 2.22. The Morgan fingerprint density at radius 1 is 1.06 bits per heavy atom. The van der Waals surface area contributed by atoms with Gasteiger partial charge >= 0.3 is 0 Å². The lowest BCUT2D eigenvalue weighted by Gasteiger charge is -2.19. The van der Waals surface area contributed by atoms with Crippen LogP contribution in [0.2, 0.25) is 10.0 Å². The van der Waals surface area contributed by atoms with E-state index in [4.69, 9.17) is 23.2 Å². The van der Waals surface area contributed by atoms with Crippen molar-refractivity contribution in [1.29, 1.82) is 0 Å². The normalized spacial score (nSPS) is 11.8. The molecule has 0 unspecified atom stereocenters. The van der Waals surface area contributed by atoms with E-state index in [-0.39, 0.29) is 18.0 Å². The maximum absolute atomic E-state index is 13.2. The fourth-order valence-corrected chi connectivity index (χ4v) is 3.74. The van der Waals surface area contributed by atoms with E-state index in [0.717, 1.165) is 11.1 Å². The van der Waals surface area contributed by atoms with Gasteiger partial charge < -0.3 is 14.5 Å². The summed E-state index contributed by atoms with van der Waals surface area (Å²) in [7, 11) is 1.86. The molecule has 1 N–H and O–H groups in total. The van der Waals surface area contributed by atoms with Crippen molar-refractivity contribution < 1.29 is 4.79 Å². The molecule has 0 fully saturated rings. The van der Waals surface area contributed by atoms with E-state index >= 15 is 0 Å². The monoisotopic (exact) mass is 466 g/mol. The molecule has 0 saturated carbocycles. The van der Waals surface area contributed by atoms with E-state index in [9.17, 15) is 9.59 Å². The number of aromatic nitrogens is 3. The summed E-state index contributed by atoms with van der Waals surface area (Å²) in [5.41, 5.74) is 1.76. The van der Waals surface area contributed by atoms with Crippen molar-refractivity contribution in [3.63, 3.8) is 0 Å². The zero-order valence-electron chi connectivity index (χ0n) is 17.2. The summed E-state index contributed by atoms with van der Waals surface area (Å²) in [5.74, 6) is 0.339. The molecule has 1 atom stereocenters. The van der Waals surface area contributed by atoms with Gasteiger partial charge in [0, 0.05) is 41.7 Å². The van der Waals surface area contributed by atoms with Crippen molar-refractivity contribution in [3.05, 3.63) is 122 Å². The molecular weight excluding hydrogens is 447 g/mol. The number of carbonyl (C=O) groups excluding carboxylic acids is 1. The highest BCUT2D eigenvalue weighted by atomic mass is 35.5. The Labute approximate surface area is 195 Å². The summed E-state index contributed by atoms with van der Waals surface area (Å²) in [6, 6.07) is 16.9. The largest absolute Gasteiger partial charge is 0.338 e. The van der Waals surface area contributed by atoms with Gasteiger partial charge in [-0.25, -0.2) is 4.98 Å². The lowest BCUT2D eigenvalue weighted by atomic mass is 10.1. The van der Waals surface area contributed by atoms with Gasteiger partial charge in [0.2, 0.25) is 0 Å². The SMILES string of the molecule is Cn1ccnc1[C@@H](NC(=O)c1ccc(=O)n(Cc2ccccc2Cl)c1)c1ccc(Cl)cc1. The first kappa shape index (κ1) is 21.9. The fourth-order valence-electron chi connectivity index (χ4n) is 3.42. The first-order valence-corrected chi connectivity index (χ1v) is 10.7. The number of hydrogen-bond acceptors (Lipinski definition) is 3. The predicted molar refractivity (Wildman–Crippen MR) is 125 cm³/mol. The van der Waals surface area contributed by atoms with Crippen molar-refractivity contribution in [3.8, 4) is 0 Å². The van der Waals surface area contributed by atoms with Gasteiger partial charge in [-0.3, -0.25) is 9.59 Å². The van der Waals surface area contributed by atoms with Gasteiger partial charge in [0.25, 0.3) is 11.5 Å². The second-order valence-electron chi connectivity index (χ2n) is 7.33. The molecule has 0 radical (unpaired) electrons. The Bertz CT molecular complexity index is 1310. The van der Waals surface area contributed by atoms with E-state index in [1.54, 1.807) is 30.6 Å². The van der Waals surface area contributed by atoms with Crippen LogP contribution in [0.4, 0.5) is 0 Å². The first-order chi connectivity index (χ1) is 15.4. The number of benzene rings is 2. The minimum absolute atomic E-state index is 0.222. The Morgan fingerprint density at radius 2 is 1.81 bits per heavy atom. The van der Waals surface area contributed by atoms with Crippen LogP contribution in [0.3, 0.4) is 0 Å². The molecule has 1 amide bonds. The van der Waals surface area contributed by atoms with Crippen LogP contribution >= 0.6 is 23.2 Å². The minimum atomic E-state index is -0.497. The van der Waals surface area contributed by atoms with Gasteiger partial charge in [-0.15, -0.1) is 0 Å². The second-order valence-corrected chi connectivity index (χ2v) is 8.17. The number of nitrogens with one attached hydrogen (secondary N) is 1. The molecule has 0 aliphatic rings. The zero-order chi connectivity index (χ0) is 22.7. The number of carbonyl (C=O) groups is 1. The van der Waals surface area contributed by atoms with Crippen molar-refractivity contribution in [1.82, 2.24) is 19.4 Å². The molecule has 2 aromatic carbocycles. The number of nitrogens with zero attached hydrogens (tertiary/aromatic N) is 3. The molecule has 6 nitrogen and oxygen atoms in total. The Kier molecular flexibility index (Phi) is 6.44. The smallest absolute Gasteiger partial charge is 0.253 e. The number of rotatable bonds is 6. The molecule has 4 aromatic rings. The molecule has 0 aliphatic carbocycles. The summed E-state index contributed by atoms with van der Waals surface area (Å²) < 4.78 is 3.31. The number of halogens is 2. The third-order valence-electron chi connectivity index (χ3n) is 5.14. The molecule has 162 valence electrons. The van der Waals surface area contributed by atoms with Crippen LogP contribution in [-0.4, -0.2) is 20.0 Å². The molecule has 2 heterocycles. The van der Waals surface area contributed by atoms with Gasteiger partial charge in [0.15, 0.2) is 0 Å². The molecule has 2 aromatic heterocycles. The van der Waals surface area contributed by atoms with Crippen molar-refractivity contribution in [2.45, 2.75) is 12.6 Å². The molecule has 0 bridgehead atoms. The summed E-state index contributed by atoms with van der Waals surface area (Å²) in [6.07, 6.45) is 5.03. The van der Waals surface area contributed by atoms with Crippen molar-refractivity contribution >= 4 is 29.1 Å². The Balaban J connectivity index is 1.64. The number of amides is 1. The molecular formula is C24H20Cl2N4O2. The van der Waals surface area contributed by atoms with Crippen molar-refractivity contribution in [2.24, 2.45) is 7.05 Å². The minimum Gasteiger partial charge on any atom is -0.338 e. The van der Waals surface area contributed by atoms with Crippen LogP contribution in [0.1, 0.15) is 33.4 Å². The highest BCUT2D eigenvalue weighted by Crippen LogP contribution is 2.23.